The number of benzene rings is 1. The first-order valence-electron chi connectivity index (χ1n) is 7.54. The van der Waals surface area contributed by atoms with Crippen molar-refractivity contribution in [3.05, 3.63) is 35.9 Å². The predicted octanol–water partition coefficient (Wildman–Crippen LogP) is 1.43. The van der Waals surface area contributed by atoms with Gasteiger partial charge in [-0.3, -0.25) is 14.6 Å². The van der Waals surface area contributed by atoms with Crippen LogP contribution in [0.1, 0.15) is 25.3 Å². The Morgan fingerprint density at radius 1 is 1.20 bits per heavy atom. The van der Waals surface area contributed by atoms with Gasteiger partial charge in [0.15, 0.2) is 0 Å². The molecular formula is C16H23N3O. The third-order valence-electron chi connectivity index (χ3n) is 4.77. The van der Waals surface area contributed by atoms with Crippen molar-refractivity contribution in [2.45, 2.75) is 31.8 Å². The summed E-state index contributed by atoms with van der Waals surface area (Å²) in [6.07, 6.45) is 1.89. The number of hydrogen-bond acceptors (Lipinski definition) is 3. The molecule has 2 saturated heterocycles. The Balaban J connectivity index is 1.63. The summed E-state index contributed by atoms with van der Waals surface area (Å²) in [4.78, 5) is 17.0. The number of nitrogens with zero attached hydrogens (tertiary/aromatic N) is 2. The number of likely N-dealkylation sites (tertiary alicyclic amines) is 1. The van der Waals surface area contributed by atoms with Crippen molar-refractivity contribution < 1.29 is 4.79 Å². The zero-order chi connectivity index (χ0) is 14.0. The lowest BCUT2D eigenvalue weighted by Crippen LogP contribution is -2.55. The molecule has 1 amide bonds. The SMILES string of the molecule is CCN1CNC(=O)C12CCN(Cc1ccccc1)CC2. The third kappa shape index (κ3) is 2.34. The second-order valence-corrected chi connectivity index (χ2v) is 5.81. The van der Waals surface area contributed by atoms with Gasteiger partial charge < -0.3 is 5.32 Å². The van der Waals surface area contributed by atoms with Gasteiger partial charge in [0.05, 0.1) is 6.67 Å². The molecule has 0 bridgehead atoms. The molecule has 108 valence electrons. The fraction of sp³-hybridized carbons (Fsp3) is 0.562. The number of amides is 1. The van der Waals surface area contributed by atoms with Gasteiger partial charge in [-0.25, -0.2) is 0 Å². The second kappa shape index (κ2) is 5.54. The van der Waals surface area contributed by atoms with Crippen LogP contribution in [0.5, 0.6) is 0 Å². The smallest absolute Gasteiger partial charge is 0.241 e. The molecule has 0 aliphatic carbocycles. The van der Waals surface area contributed by atoms with Crippen LogP contribution in [0.15, 0.2) is 30.3 Å². The molecule has 1 aromatic carbocycles. The summed E-state index contributed by atoms with van der Waals surface area (Å²) in [6.45, 7) is 6.78. The Morgan fingerprint density at radius 3 is 2.55 bits per heavy atom. The summed E-state index contributed by atoms with van der Waals surface area (Å²) >= 11 is 0. The first-order chi connectivity index (χ1) is 9.74. The number of rotatable bonds is 3. The lowest BCUT2D eigenvalue weighted by atomic mass is 9.86. The molecule has 2 aliphatic rings. The van der Waals surface area contributed by atoms with Crippen LogP contribution >= 0.6 is 0 Å². The standard InChI is InChI=1S/C16H23N3O/c1-2-19-13-17-15(20)16(19)8-10-18(11-9-16)12-14-6-4-3-5-7-14/h3-7H,2,8-13H2,1H3,(H,17,20). The van der Waals surface area contributed by atoms with Crippen LogP contribution in [0.4, 0.5) is 0 Å². The number of likely N-dealkylation sites (N-methyl/N-ethyl adjacent to an activating group) is 1. The minimum Gasteiger partial charge on any atom is -0.342 e. The molecule has 2 fully saturated rings. The zero-order valence-corrected chi connectivity index (χ0v) is 12.1. The van der Waals surface area contributed by atoms with Gasteiger partial charge in [0.25, 0.3) is 0 Å². The molecular weight excluding hydrogens is 250 g/mol. The van der Waals surface area contributed by atoms with Gasteiger partial charge in [-0.15, -0.1) is 0 Å². The highest BCUT2D eigenvalue weighted by Gasteiger charge is 2.49. The number of carbonyl (C=O) groups excluding carboxylic acids is 1. The molecule has 0 saturated carbocycles. The van der Waals surface area contributed by atoms with E-state index in [0.717, 1.165) is 39.0 Å². The Hall–Kier alpha value is -1.39. The van der Waals surface area contributed by atoms with E-state index in [9.17, 15) is 4.79 Å². The fourth-order valence-corrected chi connectivity index (χ4v) is 3.51. The molecule has 2 aliphatic heterocycles. The lowest BCUT2D eigenvalue weighted by molar-refractivity contribution is -0.129. The first-order valence-corrected chi connectivity index (χ1v) is 7.54. The molecule has 1 N–H and O–H groups in total. The molecule has 0 aromatic heterocycles. The van der Waals surface area contributed by atoms with Crippen LogP contribution in [0.3, 0.4) is 0 Å². The van der Waals surface area contributed by atoms with Crippen LogP contribution in [0, 0.1) is 0 Å². The largest absolute Gasteiger partial charge is 0.342 e. The number of hydrogen-bond donors (Lipinski definition) is 1. The first kappa shape index (κ1) is 13.6. The minimum absolute atomic E-state index is 0.234. The van der Waals surface area contributed by atoms with E-state index in [1.807, 2.05) is 0 Å². The number of piperidine rings is 1. The number of nitrogens with one attached hydrogen (secondary N) is 1. The van der Waals surface area contributed by atoms with E-state index in [1.54, 1.807) is 0 Å². The molecule has 0 radical (unpaired) electrons. The van der Waals surface area contributed by atoms with Crippen molar-refractivity contribution in [3.8, 4) is 0 Å². The van der Waals surface area contributed by atoms with Gasteiger partial charge in [-0.2, -0.15) is 0 Å². The summed E-state index contributed by atoms with van der Waals surface area (Å²) in [5.74, 6) is 0.235. The quantitative estimate of drug-likeness (QED) is 0.905. The van der Waals surface area contributed by atoms with E-state index in [2.05, 4.69) is 52.4 Å². The van der Waals surface area contributed by atoms with Crippen molar-refractivity contribution in [1.82, 2.24) is 15.1 Å². The fourth-order valence-electron chi connectivity index (χ4n) is 3.51. The maximum atomic E-state index is 12.2. The van der Waals surface area contributed by atoms with Gasteiger partial charge in [0, 0.05) is 19.6 Å². The topological polar surface area (TPSA) is 35.6 Å². The Kier molecular flexibility index (Phi) is 3.76. The van der Waals surface area contributed by atoms with Crippen molar-refractivity contribution in [3.63, 3.8) is 0 Å². The average Bonchev–Trinajstić information content (AvgIpc) is 2.79. The Labute approximate surface area is 120 Å². The highest BCUT2D eigenvalue weighted by Crippen LogP contribution is 2.32. The molecule has 4 nitrogen and oxygen atoms in total. The summed E-state index contributed by atoms with van der Waals surface area (Å²) in [5.41, 5.74) is 1.12. The maximum absolute atomic E-state index is 12.2. The molecule has 0 unspecified atom stereocenters. The normalized spacial score (nSPS) is 23.1. The van der Waals surface area contributed by atoms with Crippen molar-refractivity contribution in [1.29, 1.82) is 0 Å². The summed E-state index contributed by atoms with van der Waals surface area (Å²) in [7, 11) is 0. The molecule has 1 spiro atoms. The highest BCUT2D eigenvalue weighted by atomic mass is 16.2. The maximum Gasteiger partial charge on any atom is 0.241 e. The molecule has 3 rings (SSSR count). The Morgan fingerprint density at radius 2 is 1.90 bits per heavy atom. The van der Waals surface area contributed by atoms with Gasteiger partial charge in [0.2, 0.25) is 5.91 Å². The predicted molar refractivity (Wildman–Crippen MR) is 79.1 cm³/mol. The molecule has 2 heterocycles. The van der Waals surface area contributed by atoms with E-state index in [1.165, 1.54) is 5.56 Å². The minimum atomic E-state index is -0.234. The van der Waals surface area contributed by atoms with E-state index < -0.39 is 0 Å². The molecule has 20 heavy (non-hydrogen) atoms. The van der Waals surface area contributed by atoms with Gasteiger partial charge in [-0.05, 0) is 24.9 Å². The highest BCUT2D eigenvalue weighted by molar-refractivity contribution is 5.88. The van der Waals surface area contributed by atoms with Gasteiger partial charge in [-0.1, -0.05) is 37.3 Å². The molecule has 0 atom stereocenters. The average molecular weight is 273 g/mol. The van der Waals surface area contributed by atoms with E-state index in [0.29, 0.717) is 6.67 Å². The van der Waals surface area contributed by atoms with Crippen LogP contribution in [-0.4, -0.2) is 47.5 Å². The monoisotopic (exact) mass is 273 g/mol. The van der Waals surface area contributed by atoms with E-state index in [4.69, 9.17) is 0 Å². The van der Waals surface area contributed by atoms with Crippen LogP contribution in [0.25, 0.3) is 0 Å². The molecule has 4 heteroatoms. The third-order valence-corrected chi connectivity index (χ3v) is 4.77. The zero-order valence-electron chi connectivity index (χ0n) is 12.1. The summed E-state index contributed by atoms with van der Waals surface area (Å²) in [5, 5.41) is 3.01. The van der Waals surface area contributed by atoms with Crippen LogP contribution in [0.2, 0.25) is 0 Å². The van der Waals surface area contributed by atoms with E-state index >= 15 is 0 Å². The Bertz CT molecular complexity index is 466. The van der Waals surface area contributed by atoms with Gasteiger partial charge >= 0.3 is 0 Å². The number of carbonyl (C=O) groups is 1. The van der Waals surface area contributed by atoms with Crippen molar-refractivity contribution >= 4 is 5.91 Å². The second-order valence-electron chi connectivity index (χ2n) is 5.81. The summed E-state index contributed by atoms with van der Waals surface area (Å²) < 4.78 is 0. The van der Waals surface area contributed by atoms with Crippen molar-refractivity contribution in [2.24, 2.45) is 0 Å². The summed E-state index contributed by atoms with van der Waals surface area (Å²) in [6, 6.07) is 10.6. The van der Waals surface area contributed by atoms with Crippen LogP contribution < -0.4 is 5.32 Å². The van der Waals surface area contributed by atoms with E-state index in [-0.39, 0.29) is 11.4 Å². The van der Waals surface area contributed by atoms with Gasteiger partial charge in [0.1, 0.15) is 5.54 Å². The lowest BCUT2D eigenvalue weighted by Gasteiger charge is -2.42. The molecule has 1 aromatic rings. The van der Waals surface area contributed by atoms with Crippen molar-refractivity contribution in [2.75, 3.05) is 26.3 Å². The van der Waals surface area contributed by atoms with Crippen LogP contribution in [-0.2, 0) is 11.3 Å².